The number of carbonyl (C=O) groups is 1. The summed E-state index contributed by atoms with van der Waals surface area (Å²) in [6.45, 7) is 2.12. The Bertz CT molecular complexity index is 666. The molecule has 3 nitrogen and oxygen atoms in total. The van der Waals surface area contributed by atoms with Crippen LogP contribution in [-0.2, 0) is 11.2 Å². The minimum Gasteiger partial charge on any atom is -0.349 e. The smallest absolute Gasteiger partial charge is 0.220 e. The average Bonchev–Trinajstić information content (AvgIpc) is 3.16. The lowest BCUT2D eigenvalue weighted by Gasteiger charge is -2.20. The molecule has 4 heteroatoms. The van der Waals surface area contributed by atoms with Gasteiger partial charge in [0.05, 0.1) is 6.04 Å². The summed E-state index contributed by atoms with van der Waals surface area (Å²) in [5.41, 5.74) is 2.30. The number of amides is 1. The van der Waals surface area contributed by atoms with Crippen LogP contribution in [-0.4, -0.2) is 19.0 Å². The molecule has 1 amide bonds. The summed E-state index contributed by atoms with van der Waals surface area (Å²) >= 11 is 5.98. The molecule has 1 saturated heterocycles. The van der Waals surface area contributed by atoms with Crippen molar-refractivity contribution >= 4 is 17.5 Å². The summed E-state index contributed by atoms with van der Waals surface area (Å²) in [4.78, 5) is 12.5. The lowest BCUT2D eigenvalue weighted by Crippen LogP contribution is -2.30. The Morgan fingerprint density at radius 2 is 1.92 bits per heavy atom. The lowest BCUT2D eigenvalue weighted by molar-refractivity contribution is -0.122. The van der Waals surface area contributed by atoms with Crippen LogP contribution in [0.4, 0.5) is 0 Å². The van der Waals surface area contributed by atoms with Gasteiger partial charge in [0.2, 0.25) is 5.91 Å². The summed E-state index contributed by atoms with van der Waals surface area (Å²) in [6, 6.07) is 18.0. The van der Waals surface area contributed by atoms with Gasteiger partial charge in [-0.15, -0.1) is 0 Å². The van der Waals surface area contributed by atoms with E-state index in [1.54, 1.807) is 0 Å². The second-order valence-corrected chi connectivity index (χ2v) is 7.20. The first-order chi connectivity index (χ1) is 12.2. The molecule has 0 aliphatic carbocycles. The topological polar surface area (TPSA) is 41.1 Å². The number of carbonyl (C=O) groups excluding carboxylic acids is 1. The molecule has 0 radical (unpaired) electrons. The van der Waals surface area contributed by atoms with Gasteiger partial charge in [-0.25, -0.2) is 0 Å². The molecule has 2 aromatic carbocycles. The molecular weight excluding hydrogens is 332 g/mol. The highest BCUT2D eigenvalue weighted by molar-refractivity contribution is 6.30. The standard InChI is InChI=1S/C21H25ClN2O/c22-19-9-6-16(7-10-19)14-20(18-4-2-1-3-5-18)24-21(25)11-8-17-12-13-23-15-17/h1-7,9-10,17,20,23H,8,11-15H2,(H,24,25). The maximum absolute atomic E-state index is 12.5. The minimum absolute atomic E-state index is 0.0171. The van der Waals surface area contributed by atoms with Crippen molar-refractivity contribution in [1.82, 2.24) is 10.6 Å². The zero-order chi connectivity index (χ0) is 17.5. The van der Waals surface area contributed by atoms with Crippen molar-refractivity contribution in [3.63, 3.8) is 0 Å². The van der Waals surface area contributed by atoms with E-state index < -0.39 is 0 Å². The number of nitrogens with one attached hydrogen (secondary N) is 2. The highest BCUT2D eigenvalue weighted by Gasteiger charge is 2.18. The Labute approximate surface area is 154 Å². The fourth-order valence-corrected chi connectivity index (χ4v) is 3.48. The Hall–Kier alpha value is -1.84. The zero-order valence-electron chi connectivity index (χ0n) is 14.4. The third-order valence-electron chi connectivity index (χ3n) is 4.83. The molecule has 3 rings (SSSR count). The molecule has 25 heavy (non-hydrogen) atoms. The first-order valence-corrected chi connectivity index (χ1v) is 9.38. The van der Waals surface area contributed by atoms with Crippen LogP contribution in [0.5, 0.6) is 0 Å². The Morgan fingerprint density at radius 1 is 1.16 bits per heavy atom. The van der Waals surface area contributed by atoms with Crippen LogP contribution in [0.1, 0.15) is 36.4 Å². The molecule has 0 bridgehead atoms. The summed E-state index contributed by atoms with van der Waals surface area (Å²) < 4.78 is 0. The molecule has 1 aliphatic rings. The second kappa shape index (κ2) is 9.02. The van der Waals surface area contributed by atoms with E-state index in [1.165, 1.54) is 12.0 Å². The Morgan fingerprint density at radius 3 is 2.60 bits per heavy atom. The molecule has 2 atom stereocenters. The first kappa shape index (κ1) is 18.0. The number of hydrogen-bond donors (Lipinski definition) is 2. The van der Waals surface area contributed by atoms with Crippen molar-refractivity contribution in [3.8, 4) is 0 Å². The van der Waals surface area contributed by atoms with Gasteiger partial charge in [0, 0.05) is 11.4 Å². The maximum atomic E-state index is 12.5. The van der Waals surface area contributed by atoms with Gasteiger partial charge in [0.15, 0.2) is 0 Å². The monoisotopic (exact) mass is 356 g/mol. The highest BCUT2D eigenvalue weighted by atomic mass is 35.5. The van der Waals surface area contributed by atoms with E-state index in [0.717, 1.165) is 36.5 Å². The molecule has 0 aromatic heterocycles. The SMILES string of the molecule is O=C(CCC1CCNC1)NC(Cc1ccc(Cl)cc1)c1ccccc1. The van der Waals surface area contributed by atoms with E-state index in [-0.39, 0.29) is 11.9 Å². The van der Waals surface area contributed by atoms with Crippen LogP contribution >= 0.6 is 11.6 Å². The minimum atomic E-state index is -0.0171. The predicted molar refractivity (Wildman–Crippen MR) is 103 cm³/mol. The predicted octanol–water partition coefficient (Wildman–Crippen LogP) is 4.13. The van der Waals surface area contributed by atoms with Crippen LogP contribution < -0.4 is 10.6 Å². The van der Waals surface area contributed by atoms with Crippen molar-refractivity contribution in [1.29, 1.82) is 0 Å². The summed E-state index contributed by atoms with van der Waals surface area (Å²) in [6.07, 6.45) is 3.50. The van der Waals surface area contributed by atoms with Gasteiger partial charge >= 0.3 is 0 Å². The quantitative estimate of drug-likeness (QED) is 0.783. The zero-order valence-corrected chi connectivity index (χ0v) is 15.1. The molecule has 1 heterocycles. The van der Waals surface area contributed by atoms with Gasteiger partial charge in [-0.3, -0.25) is 4.79 Å². The Balaban J connectivity index is 1.63. The van der Waals surface area contributed by atoms with Gasteiger partial charge in [0.1, 0.15) is 0 Å². The lowest BCUT2D eigenvalue weighted by atomic mass is 9.98. The number of halogens is 1. The van der Waals surface area contributed by atoms with Crippen LogP contribution in [0.2, 0.25) is 5.02 Å². The fraction of sp³-hybridized carbons (Fsp3) is 0.381. The summed E-state index contributed by atoms with van der Waals surface area (Å²) in [5.74, 6) is 0.770. The van der Waals surface area contributed by atoms with Gasteiger partial charge in [-0.05, 0) is 61.5 Å². The molecule has 1 fully saturated rings. The van der Waals surface area contributed by atoms with Crippen LogP contribution in [0.15, 0.2) is 54.6 Å². The van der Waals surface area contributed by atoms with Gasteiger partial charge in [-0.2, -0.15) is 0 Å². The maximum Gasteiger partial charge on any atom is 0.220 e. The van der Waals surface area contributed by atoms with Crippen LogP contribution in [0.3, 0.4) is 0 Å². The molecular formula is C21H25ClN2O. The summed E-state index contributed by atoms with van der Waals surface area (Å²) in [5, 5.41) is 7.32. The molecule has 1 aliphatic heterocycles. The van der Waals surface area contributed by atoms with Crippen molar-refractivity contribution in [2.24, 2.45) is 5.92 Å². The van der Waals surface area contributed by atoms with Crippen LogP contribution in [0, 0.1) is 5.92 Å². The van der Waals surface area contributed by atoms with Crippen molar-refractivity contribution in [2.45, 2.75) is 31.7 Å². The van der Waals surface area contributed by atoms with E-state index in [9.17, 15) is 4.79 Å². The molecule has 2 unspecified atom stereocenters. The molecule has 2 N–H and O–H groups in total. The van der Waals surface area contributed by atoms with E-state index in [4.69, 9.17) is 11.6 Å². The van der Waals surface area contributed by atoms with Crippen molar-refractivity contribution in [2.75, 3.05) is 13.1 Å². The largest absolute Gasteiger partial charge is 0.349 e. The number of benzene rings is 2. The summed E-state index contributed by atoms with van der Waals surface area (Å²) in [7, 11) is 0. The van der Waals surface area contributed by atoms with E-state index in [2.05, 4.69) is 22.8 Å². The van der Waals surface area contributed by atoms with Crippen LogP contribution in [0.25, 0.3) is 0 Å². The molecule has 132 valence electrons. The van der Waals surface area contributed by atoms with E-state index >= 15 is 0 Å². The highest BCUT2D eigenvalue weighted by Crippen LogP contribution is 2.21. The van der Waals surface area contributed by atoms with E-state index in [1.807, 2.05) is 42.5 Å². The second-order valence-electron chi connectivity index (χ2n) is 6.76. The third-order valence-corrected chi connectivity index (χ3v) is 5.08. The average molecular weight is 357 g/mol. The molecule has 0 spiro atoms. The molecule has 2 aromatic rings. The van der Waals surface area contributed by atoms with Gasteiger partial charge in [0.25, 0.3) is 0 Å². The third kappa shape index (κ3) is 5.58. The van der Waals surface area contributed by atoms with Crippen molar-refractivity contribution in [3.05, 3.63) is 70.7 Å². The van der Waals surface area contributed by atoms with Crippen molar-refractivity contribution < 1.29 is 4.79 Å². The normalized spacial score (nSPS) is 18.0. The number of rotatable bonds is 7. The first-order valence-electron chi connectivity index (χ1n) is 9.00. The number of hydrogen-bond acceptors (Lipinski definition) is 2. The molecule has 0 saturated carbocycles. The van der Waals surface area contributed by atoms with E-state index in [0.29, 0.717) is 12.3 Å². The van der Waals surface area contributed by atoms with Gasteiger partial charge in [-0.1, -0.05) is 54.1 Å². The Kier molecular flexibility index (Phi) is 6.48. The van der Waals surface area contributed by atoms with Gasteiger partial charge < -0.3 is 10.6 Å². The fourth-order valence-electron chi connectivity index (χ4n) is 3.36.